The maximum Gasteiger partial charge on any atom is 0.306 e. The Morgan fingerprint density at radius 2 is 0.716 bits per heavy atom. The quantitative estimate of drug-likeness (QED) is 0.0117. The van der Waals surface area contributed by atoms with Gasteiger partial charge < -0.3 is 59.1 Å². The highest BCUT2D eigenvalue weighted by Crippen LogP contribution is 2.20. The molecule has 0 aromatic carbocycles. The fourth-order valence-electron chi connectivity index (χ4n) is 8.04. The number of nitrogens with zero attached hydrogens (tertiary/aromatic N) is 4. The number of guanidine groups is 4. The number of nitrogens with one attached hydrogen (secondary N) is 3. The first kappa shape index (κ1) is 95.8. The Morgan fingerprint density at radius 1 is 0.432 bits per heavy atom. The first-order chi connectivity index (χ1) is 44.7. The molecule has 16 N–H and O–H groups in total. The summed E-state index contributed by atoms with van der Waals surface area (Å²) < 4.78 is 0. The highest BCUT2D eigenvalue weighted by molar-refractivity contribution is 5.93. The normalized spacial score (nSPS) is 13.4. The number of aliphatic imine (C=N–C) groups is 2. The number of rotatable bonds is 43. The van der Waals surface area contributed by atoms with Gasteiger partial charge in [0, 0.05) is 53.9 Å². The third-order valence-corrected chi connectivity index (χ3v) is 12.9. The summed E-state index contributed by atoms with van der Waals surface area (Å²) in [5, 5.41) is 43.3. The molecule has 0 heterocycles. The number of hydrogen-bond acceptors (Lipinski definition) is 9. The summed E-state index contributed by atoms with van der Waals surface area (Å²) in [5.41, 5.74) is 26.1. The summed E-state index contributed by atoms with van der Waals surface area (Å²) in [6.07, 6.45) is 58.9. The van der Waals surface area contributed by atoms with Crippen LogP contribution in [-0.4, -0.2) is 125 Å². The second-order valence-corrected chi connectivity index (χ2v) is 24.7. The number of amides is 1. The van der Waals surface area contributed by atoms with Crippen molar-refractivity contribution in [3.05, 3.63) is 122 Å². The van der Waals surface area contributed by atoms with Crippen molar-refractivity contribution in [2.75, 3.05) is 28.2 Å². The average molecular weight is 1330 g/mol. The molecule has 0 bridgehead atoms. The van der Waals surface area contributed by atoms with E-state index in [0.29, 0.717) is 44.4 Å². The largest absolute Gasteiger partial charge is 0.481 e. The van der Waals surface area contributed by atoms with Crippen LogP contribution in [-0.2, 0) is 28.8 Å². The molecule has 0 aliphatic carbocycles. The molecule has 0 fully saturated rings. The second kappa shape index (κ2) is 66.1. The van der Waals surface area contributed by atoms with Gasteiger partial charge in [-0.25, -0.2) is 0 Å². The second-order valence-electron chi connectivity index (χ2n) is 24.7. The molecule has 0 aliphatic rings. The molecule has 0 saturated heterocycles. The summed E-state index contributed by atoms with van der Waals surface area (Å²) in [6, 6.07) is -1.14. The van der Waals surface area contributed by atoms with Crippen molar-refractivity contribution in [1.29, 1.82) is 10.8 Å². The summed E-state index contributed by atoms with van der Waals surface area (Å²) in [5.74, 6) is -3.37. The Labute approximate surface area is 573 Å². The summed E-state index contributed by atoms with van der Waals surface area (Å²) in [6.45, 7) is 20.1. The maximum atomic E-state index is 12.8. The van der Waals surface area contributed by atoms with Crippen LogP contribution in [0.3, 0.4) is 0 Å². The van der Waals surface area contributed by atoms with Crippen LogP contribution < -0.4 is 34.0 Å². The number of aliphatic carboxylic acids is 3. The molecule has 95 heavy (non-hydrogen) atoms. The van der Waals surface area contributed by atoms with Crippen LogP contribution in [0.5, 0.6) is 0 Å². The van der Waals surface area contributed by atoms with Gasteiger partial charge in [0.1, 0.15) is 5.78 Å². The zero-order chi connectivity index (χ0) is 73.4. The van der Waals surface area contributed by atoms with Crippen molar-refractivity contribution in [2.45, 2.75) is 223 Å². The predicted molar refractivity (Wildman–Crippen MR) is 398 cm³/mol. The average Bonchev–Trinajstić information content (AvgIpc) is 1.10. The Bertz CT molecular complexity index is 2430. The van der Waals surface area contributed by atoms with Gasteiger partial charge in [0.2, 0.25) is 17.8 Å². The van der Waals surface area contributed by atoms with Gasteiger partial charge in [-0.2, -0.15) is 9.98 Å². The van der Waals surface area contributed by atoms with E-state index in [4.69, 9.17) is 49.7 Å². The standard InChI is InChI=1S/C33H53NO4.C20H30O2.C13H25NO3.2C4H11N5/c1-6-7-8-9-10-11-12-13-14-15-16-17-18-19-20-21-22-23-32(36)34-30(25-28(4)5)31(35)26-29(33(37)38)24-27(2)3;1-2-3-4-5-6-7-8-9-10-11-12-13-14-15-16-17-18-19-20(21)22;1-8(2)5-10(13(16)17)7-12(15)11(14)6-9(3)4;2*1-9(2)4(7)8-3(5)6/h7-8,10-11,13-14,16-17,19-20,27-30H,6,9,12,15,18,21-26H2,1-5H3,(H,34,36)(H,37,38);3-4,6-7,9-10,12-13,15-16H,2,5,8,11,14,17-19H2,1H3,(H,21,22);8-11H,5-7,14H2,1-4H3,(H,16,17);2*1-2H3,(H5,5,6,7,8)/b8-7-,11-10-,14-13-,17-16-,20-19-;4-3-,7-6-,10-9-,13-12-,16-15-;;;. The molecular weight excluding hydrogens is 1200 g/mol. The minimum atomic E-state index is -0.946. The molecule has 1 amide bonds. The maximum absolute atomic E-state index is 12.8. The Morgan fingerprint density at radius 3 is 0.968 bits per heavy atom. The van der Waals surface area contributed by atoms with Gasteiger partial charge in [0.05, 0.1) is 23.9 Å². The van der Waals surface area contributed by atoms with Crippen LogP contribution in [0.4, 0.5) is 0 Å². The van der Waals surface area contributed by atoms with Crippen molar-refractivity contribution in [3.63, 3.8) is 0 Å². The molecule has 0 saturated carbocycles. The third-order valence-electron chi connectivity index (χ3n) is 12.9. The molecule has 4 unspecified atom stereocenters. The topological polar surface area (TPSA) is 384 Å². The Kier molecular flexibility index (Phi) is 66.6. The number of allylic oxidation sites excluding steroid dienone is 20. The number of carbonyl (C=O) groups is 6. The zero-order valence-electron chi connectivity index (χ0n) is 60.7. The first-order valence-electron chi connectivity index (χ1n) is 33.7. The number of unbranched alkanes of at least 4 members (excludes halogenated alkanes) is 2. The van der Waals surface area contributed by atoms with Crippen molar-refractivity contribution in [2.24, 2.45) is 74.2 Å². The smallest absolute Gasteiger partial charge is 0.306 e. The molecule has 0 spiro atoms. The highest BCUT2D eigenvalue weighted by Gasteiger charge is 2.29. The van der Waals surface area contributed by atoms with E-state index in [1.807, 2.05) is 55.4 Å². The summed E-state index contributed by atoms with van der Waals surface area (Å²) in [7, 11) is 6.90. The van der Waals surface area contributed by atoms with Gasteiger partial charge in [-0.1, -0.05) is 191 Å². The number of Topliss-reactive ketones (excluding diaryl/α,β-unsaturated/α-hetero) is 2. The lowest BCUT2D eigenvalue weighted by molar-refractivity contribution is -0.145. The molecule has 21 heteroatoms. The van der Waals surface area contributed by atoms with Crippen LogP contribution in [0.1, 0.15) is 210 Å². The molecule has 540 valence electrons. The number of carbonyl (C=O) groups excluding carboxylic acids is 3. The lowest BCUT2D eigenvalue weighted by Crippen LogP contribution is -2.42. The Balaban J connectivity index is -0.000000398. The predicted octanol–water partition coefficient (Wildman–Crippen LogP) is 13.7. The van der Waals surface area contributed by atoms with E-state index in [0.717, 1.165) is 83.5 Å². The summed E-state index contributed by atoms with van der Waals surface area (Å²) in [4.78, 5) is 80.0. The van der Waals surface area contributed by atoms with Gasteiger partial charge >= 0.3 is 17.9 Å². The fourth-order valence-corrected chi connectivity index (χ4v) is 8.04. The third kappa shape index (κ3) is 75.0. The highest BCUT2D eigenvalue weighted by atomic mass is 16.4. The van der Waals surface area contributed by atoms with Gasteiger partial charge in [-0.05, 0) is 139 Å². The van der Waals surface area contributed by atoms with Crippen LogP contribution in [0.15, 0.2) is 132 Å². The van der Waals surface area contributed by atoms with Crippen molar-refractivity contribution < 1.29 is 44.1 Å². The van der Waals surface area contributed by atoms with E-state index in [9.17, 15) is 33.9 Å². The molecule has 0 radical (unpaired) electrons. The van der Waals surface area contributed by atoms with E-state index in [1.165, 1.54) is 0 Å². The van der Waals surface area contributed by atoms with E-state index in [-0.39, 0.29) is 78.3 Å². The van der Waals surface area contributed by atoms with Gasteiger partial charge in [0.25, 0.3) is 0 Å². The monoisotopic (exact) mass is 1330 g/mol. The first-order valence-corrected chi connectivity index (χ1v) is 33.7. The van der Waals surface area contributed by atoms with E-state index < -0.39 is 41.8 Å². The molecule has 4 atom stereocenters. The minimum Gasteiger partial charge on any atom is -0.481 e. The molecule has 0 rings (SSSR count). The molecular formula is C74H130N12O9. The molecule has 0 aliphatic heterocycles. The van der Waals surface area contributed by atoms with E-state index in [1.54, 1.807) is 38.0 Å². The van der Waals surface area contributed by atoms with E-state index >= 15 is 0 Å². The van der Waals surface area contributed by atoms with Gasteiger partial charge in [-0.15, -0.1) is 0 Å². The lowest BCUT2D eigenvalue weighted by atomic mass is 9.88. The molecule has 0 aromatic rings. The van der Waals surface area contributed by atoms with Crippen LogP contribution in [0.2, 0.25) is 0 Å². The molecule has 21 nitrogen and oxygen atoms in total. The van der Waals surface area contributed by atoms with Crippen LogP contribution >= 0.6 is 0 Å². The SMILES string of the molecule is CC(C)CC(N)C(=O)CC(CC(C)C)C(=O)O.CC/C=C\C/C=C\C/C=C\C/C=C\C/C=C\CCCC(=O)NC(CC(C)C)C(=O)CC(CC(C)C)C(=O)O.CC/C=C\C/C=C\C/C=C\C/C=C\C/C=C\CCCC(=O)O.CN(C)C(N)=NC(=N)N.CN(C)C(N)=NC(=N)N. The number of ketones is 2. The van der Waals surface area contributed by atoms with Crippen molar-refractivity contribution in [3.8, 4) is 0 Å². The summed E-state index contributed by atoms with van der Waals surface area (Å²) >= 11 is 0. The van der Waals surface area contributed by atoms with Gasteiger partial charge in [-0.3, -0.25) is 39.6 Å². The number of carboxylic acids is 3. The van der Waals surface area contributed by atoms with Crippen molar-refractivity contribution in [1.82, 2.24) is 15.1 Å². The van der Waals surface area contributed by atoms with Crippen LogP contribution in [0.25, 0.3) is 0 Å². The molecule has 0 aromatic heterocycles. The van der Waals surface area contributed by atoms with Crippen molar-refractivity contribution >= 4 is 59.2 Å². The van der Waals surface area contributed by atoms with Crippen LogP contribution in [0, 0.1) is 46.3 Å². The Hall–Kier alpha value is -7.94. The fraction of sp³-hybridized carbons (Fsp3) is 0.595. The number of hydrogen-bond donors (Lipinski definition) is 11. The van der Waals surface area contributed by atoms with Gasteiger partial charge in [0.15, 0.2) is 17.7 Å². The zero-order valence-corrected chi connectivity index (χ0v) is 60.7. The van der Waals surface area contributed by atoms with E-state index in [2.05, 4.69) is 151 Å². The lowest BCUT2D eigenvalue weighted by Gasteiger charge is -2.22. The number of nitrogens with two attached hydrogens (primary N) is 5. The number of carboxylic acid groups (broad SMARTS) is 3. The minimum absolute atomic E-state index is 0.0365.